The summed E-state index contributed by atoms with van der Waals surface area (Å²) in [5.41, 5.74) is 5.20. The lowest BCUT2D eigenvalue weighted by molar-refractivity contribution is -0.116. The second-order valence-electron chi connectivity index (χ2n) is 16.0. The van der Waals surface area contributed by atoms with Crippen LogP contribution in [-0.4, -0.2) is 63.2 Å². The van der Waals surface area contributed by atoms with Crippen LogP contribution >= 0.6 is 69.3 Å². The van der Waals surface area contributed by atoms with Gasteiger partial charge in [0.2, 0.25) is 10.5 Å². The highest BCUT2D eigenvalue weighted by Crippen LogP contribution is 2.34. The number of hydrogen-bond acceptors (Lipinski definition) is 13. The van der Waals surface area contributed by atoms with E-state index < -0.39 is 10.5 Å². The van der Waals surface area contributed by atoms with E-state index in [2.05, 4.69) is 4.42 Å². The van der Waals surface area contributed by atoms with Gasteiger partial charge in [0, 0.05) is 34.1 Å². The van der Waals surface area contributed by atoms with E-state index in [4.69, 9.17) is 67.5 Å². The first-order valence-corrected chi connectivity index (χ1v) is 25.0. The number of carbonyl (C=O) groups excluding carboxylic acids is 7. The van der Waals surface area contributed by atoms with Crippen molar-refractivity contribution in [3.05, 3.63) is 152 Å². The number of carbonyl (C=O) groups is 7. The van der Waals surface area contributed by atoms with Gasteiger partial charge in [-0.25, -0.2) is 0 Å². The van der Waals surface area contributed by atoms with Crippen molar-refractivity contribution in [3.63, 3.8) is 0 Å². The average Bonchev–Trinajstić information content (AvgIpc) is 3.78. The molecule has 2 fully saturated rings. The molecule has 2 heterocycles. The summed E-state index contributed by atoms with van der Waals surface area (Å²) in [6.07, 6.45) is 15.7. The molecule has 0 bridgehead atoms. The Morgan fingerprint density at radius 3 is 1.57 bits per heavy atom. The number of phenols is 2. The Labute approximate surface area is 449 Å². The van der Waals surface area contributed by atoms with Crippen molar-refractivity contribution in [1.29, 1.82) is 0 Å². The maximum Gasteiger partial charge on any atom is 0.287 e. The van der Waals surface area contributed by atoms with Crippen molar-refractivity contribution in [2.45, 2.75) is 85.5 Å². The molecule has 0 amide bonds. The van der Waals surface area contributed by atoms with E-state index in [9.17, 15) is 43.8 Å². The number of halogens is 5. The number of allylic oxidation sites excluding steroid dienone is 4. The fourth-order valence-corrected chi connectivity index (χ4v) is 7.21. The zero-order valence-corrected chi connectivity index (χ0v) is 45.4. The second kappa shape index (κ2) is 36.4. The van der Waals surface area contributed by atoms with Crippen molar-refractivity contribution in [3.8, 4) is 23.0 Å². The van der Waals surface area contributed by atoms with Crippen LogP contribution < -0.4 is 9.47 Å². The van der Waals surface area contributed by atoms with Crippen LogP contribution in [0.25, 0.3) is 0 Å². The van der Waals surface area contributed by atoms with Crippen LogP contribution in [0.5, 0.6) is 23.0 Å². The van der Waals surface area contributed by atoms with Gasteiger partial charge in [-0.05, 0) is 166 Å². The highest BCUT2D eigenvalue weighted by molar-refractivity contribution is 7.13. The Morgan fingerprint density at radius 1 is 0.639 bits per heavy atom. The van der Waals surface area contributed by atoms with Crippen LogP contribution in [0.15, 0.2) is 118 Å². The molecule has 388 valence electrons. The Balaban J connectivity index is 0.000000431. The third kappa shape index (κ3) is 26.8. The molecule has 2 aliphatic carbocycles. The van der Waals surface area contributed by atoms with E-state index in [1.807, 2.05) is 51.3 Å². The fraction of sp³-hybridized carbons (Fsp3) is 0.315. The third-order valence-corrected chi connectivity index (χ3v) is 12.0. The lowest BCUT2D eigenvalue weighted by atomic mass is 9.90. The maximum atomic E-state index is 10.7. The molecule has 0 spiro atoms. The second-order valence-corrected chi connectivity index (χ2v) is 18.7. The lowest BCUT2D eigenvalue weighted by Crippen LogP contribution is -2.12. The number of thiophene rings is 1. The van der Waals surface area contributed by atoms with E-state index in [1.165, 1.54) is 68.8 Å². The molecule has 0 aliphatic heterocycles. The van der Waals surface area contributed by atoms with Crippen LogP contribution in [0.4, 0.5) is 0 Å². The first-order valence-electron chi connectivity index (χ1n) is 22.3. The van der Waals surface area contributed by atoms with Gasteiger partial charge in [-0.2, -0.15) is 0 Å². The molecule has 2 aliphatic rings. The molecule has 0 unspecified atom stereocenters. The fourth-order valence-electron chi connectivity index (χ4n) is 5.79. The summed E-state index contributed by atoms with van der Waals surface area (Å²) in [4.78, 5) is 73.4. The topological polar surface area (TPSA) is 192 Å². The van der Waals surface area contributed by atoms with E-state index in [-0.39, 0.29) is 50.6 Å². The Hall–Kier alpha value is -5.54. The van der Waals surface area contributed by atoms with Crippen molar-refractivity contribution in [2.75, 3.05) is 14.2 Å². The molecule has 0 atom stereocenters. The van der Waals surface area contributed by atoms with Gasteiger partial charge in [-0.3, -0.25) is 33.6 Å². The summed E-state index contributed by atoms with van der Waals surface area (Å²) in [6.45, 7) is 7.96. The van der Waals surface area contributed by atoms with Gasteiger partial charge in [-0.15, -0.1) is 11.3 Å². The average molecular weight is 1110 g/mol. The molecule has 7 rings (SSSR count). The van der Waals surface area contributed by atoms with Gasteiger partial charge in [0.1, 0.15) is 6.29 Å². The van der Waals surface area contributed by atoms with Crippen molar-refractivity contribution >= 4 is 108 Å². The molecule has 3 aromatic carbocycles. The Kier molecular flexibility index (Phi) is 32.6. The summed E-state index contributed by atoms with van der Waals surface area (Å²) in [7, 11) is 2.90. The molecule has 12 nitrogen and oxygen atoms in total. The molecule has 18 heteroatoms. The number of rotatable bonds is 13. The first kappa shape index (κ1) is 64.5. The molecule has 2 N–H and O–H groups in total. The van der Waals surface area contributed by atoms with Crippen LogP contribution in [0, 0.1) is 11.8 Å². The largest absolute Gasteiger partial charge is 0.504 e. The van der Waals surface area contributed by atoms with Gasteiger partial charge in [0.05, 0.1) is 30.9 Å². The molecule has 2 saturated carbocycles. The van der Waals surface area contributed by atoms with Gasteiger partial charge in [-0.1, -0.05) is 85.0 Å². The molecule has 72 heavy (non-hydrogen) atoms. The third-order valence-electron chi connectivity index (χ3n) is 9.82. The van der Waals surface area contributed by atoms with Crippen LogP contribution in [0.3, 0.4) is 0 Å². The SMILES string of the molecule is COc1c(C=O)ccc(CC=C(C)C)c1O.COc1cc(C=O)cc(CC=C(C)C)c1O.O=C(Cl)C1CC1.O=C(Cl)C1CCCCC1.O=C(Cl)c1ccccc1.O=C(Cl)c1ccco1.O=C(Cl)c1cccs1. The smallest absolute Gasteiger partial charge is 0.287 e. The van der Waals surface area contributed by atoms with E-state index in [1.54, 1.807) is 60.7 Å². The summed E-state index contributed by atoms with van der Waals surface area (Å²) >= 11 is 27.0. The van der Waals surface area contributed by atoms with Gasteiger partial charge < -0.3 is 24.1 Å². The lowest BCUT2D eigenvalue weighted by Gasteiger charge is -2.16. The maximum absolute atomic E-state index is 10.7. The van der Waals surface area contributed by atoms with Gasteiger partial charge in [0.25, 0.3) is 15.7 Å². The van der Waals surface area contributed by atoms with Crippen LogP contribution in [0.2, 0.25) is 0 Å². The summed E-state index contributed by atoms with van der Waals surface area (Å²) < 4.78 is 14.6. The molecule has 0 radical (unpaired) electrons. The van der Waals surface area contributed by atoms with Crippen LogP contribution in [0.1, 0.15) is 135 Å². The zero-order chi connectivity index (χ0) is 54.2. The van der Waals surface area contributed by atoms with Gasteiger partial charge >= 0.3 is 0 Å². The standard InChI is InChI=1S/2C13H16O3.C7H11ClO.C7H5ClO.C5H3ClO2.C5H3ClOS.C4H5ClO/c1-9(2)4-5-11-6-10(8-14)7-12(16-3)13(11)15;1-9(2)4-5-10-6-7-11(8-14)13(16-3)12(10)15;2*8-7(9)6-4-2-1-3-5-6;2*6-5(7)4-2-1-3-8-4;5-4(6)3-1-2-3/h2*4,6-8,15H,5H2,1-3H3;6H,1-5H2;1-5H;2*1-3H;3H,1-2H2. The predicted molar refractivity (Wildman–Crippen MR) is 287 cm³/mol. The molecular formula is C54H59Cl5O12S. The summed E-state index contributed by atoms with van der Waals surface area (Å²) in [5.74, 6) is 1.32. The Morgan fingerprint density at radius 2 is 1.22 bits per heavy atom. The number of hydrogen-bond donors (Lipinski definition) is 2. The highest BCUT2D eigenvalue weighted by Gasteiger charge is 2.27. The van der Waals surface area contributed by atoms with Crippen molar-refractivity contribution in [1.82, 2.24) is 0 Å². The van der Waals surface area contributed by atoms with Gasteiger partial charge in [0.15, 0.2) is 35.0 Å². The van der Waals surface area contributed by atoms with E-state index >= 15 is 0 Å². The summed E-state index contributed by atoms with van der Waals surface area (Å²) in [5, 5.41) is 19.9. The number of ether oxygens (including phenoxy) is 2. The minimum Gasteiger partial charge on any atom is -0.504 e. The van der Waals surface area contributed by atoms with Crippen molar-refractivity contribution < 1.29 is 57.7 Å². The minimum absolute atomic E-state index is 0.0459. The van der Waals surface area contributed by atoms with Crippen LogP contribution in [-0.2, 0) is 22.4 Å². The normalized spacial score (nSPS) is 11.9. The zero-order valence-electron chi connectivity index (χ0n) is 40.8. The molecule has 2 aromatic heterocycles. The van der Waals surface area contributed by atoms with Crippen molar-refractivity contribution in [2.24, 2.45) is 11.8 Å². The highest BCUT2D eigenvalue weighted by atomic mass is 35.5. The number of aldehydes is 2. The number of benzene rings is 3. The number of furan rings is 1. The monoisotopic (exact) mass is 1110 g/mol. The number of aromatic hydroxyl groups is 2. The van der Waals surface area contributed by atoms with E-state index in [0.29, 0.717) is 52.0 Å². The molecular weight excluding hydrogens is 1050 g/mol. The number of methoxy groups -OCH3 is 2. The summed E-state index contributed by atoms with van der Waals surface area (Å²) in [6, 6.07) is 21.9. The molecule has 5 aromatic rings. The first-order chi connectivity index (χ1) is 34.2. The Bertz CT molecular complexity index is 2480. The minimum atomic E-state index is -0.560. The predicted octanol–water partition coefficient (Wildman–Crippen LogP) is 14.8. The number of phenolic OH excluding ortho intramolecular Hbond substituents is 2. The quantitative estimate of drug-likeness (QED) is 0.0645. The molecule has 0 saturated heterocycles. The van der Waals surface area contributed by atoms with E-state index in [0.717, 1.165) is 43.1 Å².